The number of hydrogen-bond donors (Lipinski definition) is 0. The van der Waals surface area contributed by atoms with E-state index in [-0.39, 0.29) is 12.4 Å². The summed E-state index contributed by atoms with van der Waals surface area (Å²) in [5.74, 6) is 2.47. The summed E-state index contributed by atoms with van der Waals surface area (Å²) in [7, 11) is 0. The average Bonchev–Trinajstić information content (AvgIpc) is 3.09. The number of likely N-dealkylation sites (tertiary alicyclic amines) is 1. The van der Waals surface area contributed by atoms with E-state index < -0.39 is 0 Å². The summed E-state index contributed by atoms with van der Waals surface area (Å²) < 4.78 is 0. The molecule has 134 valence electrons. The van der Waals surface area contributed by atoms with Gasteiger partial charge in [0.15, 0.2) is 0 Å². The molecule has 24 heavy (non-hydrogen) atoms. The lowest BCUT2D eigenvalue weighted by atomic mass is 10.1. The topological polar surface area (TPSA) is 23.6 Å². The number of hydrogen-bond acceptors (Lipinski definition) is 4. The molecule has 3 rings (SSSR count). The van der Waals surface area contributed by atoms with Gasteiger partial charge in [-0.25, -0.2) is 0 Å². The van der Waals surface area contributed by atoms with Crippen molar-refractivity contribution in [2.75, 3.05) is 43.9 Å². The molecule has 1 atom stereocenters. The molecule has 0 aliphatic carbocycles. The molecule has 2 fully saturated rings. The maximum absolute atomic E-state index is 12.8. The fourth-order valence-electron chi connectivity index (χ4n) is 3.42. The van der Waals surface area contributed by atoms with Crippen LogP contribution in [0.4, 0.5) is 0 Å². The first kappa shape index (κ1) is 20.0. The highest BCUT2D eigenvalue weighted by Crippen LogP contribution is 2.21. The zero-order valence-electron chi connectivity index (χ0n) is 14.3. The van der Waals surface area contributed by atoms with Crippen molar-refractivity contribution in [3.05, 3.63) is 29.8 Å². The summed E-state index contributed by atoms with van der Waals surface area (Å²) in [6, 6.07) is 8.81. The molecule has 0 saturated carbocycles. The molecule has 6 heteroatoms. The monoisotopic (exact) mass is 386 g/mol. The van der Waals surface area contributed by atoms with Crippen LogP contribution in [0.2, 0.25) is 0 Å². The summed E-state index contributed by atoms with van der Waals surface area (Å²) >= 11 is 3.73. The first-order valence-corrected chi connectivity index (χ1v) is 10.9. The van der Waals surface area contributed by atoms with Crippen molar-refractivity contribution in [2.24, 2.45) is 0 Å². The second-order valence-electron chi connectivity index (χ2n) is 6.35. The average molecular weight is 387 g/mol. The zero-order chi connectivity index (χ0) is 16.1. The molecular weight excluding hydrogens is 360 g/mol. The van der Waals surface area contributed by atoms with Crippen LogP contribution in [-0.2, 0) is 11.2 Å². The minimum Gasteiger partial charge on any atom is -0.336 e. The van der Waals surface area contributed by atoms with E-state index in [1.165, 1.54) is 30.8 Å². The van der Waals surface area contributed by atoms with Gasteiger partial charge < -0.3 is 9.80 Å². The van der Waals surface area contributed by atoms with E-state index in [4.69, 9.17) is 0 Å². The Kier molecular flexibility index (Phi) is 8.28. The van der Waals surface area contributed by atoms with E-state index >= 15 is 0 Å². The van der Waals surface area contributed by atoms with Gasteiger partial charge in [0, 0.05) is 29.5 Å². The second kappa shape index (κ2) is 9.95. The van der Waals surface area contributed by atoms with Crippen LogP contribution >= 0.6 is 35.9 Å². The van der Waals surface area contributed by atoms with E-state index in [2.05, 4.69) is 40.3 Å². The van der Waals surface area contributed by atoms with E-state index in [0.29, 0.717) is 18.4 Å². The normalized spacial score (nSPS) is 21.5. The minimum absolute atomic E-state index is 0. The molecule has 0 spiro atoms. The van der Waals surface area contributed by atoms with Crippen LogP contribution < -0.4 is 0 Å². The number of thioether (sulfide) groups is 2. The minimum atomic E-state index is 0. The lowest BCUT2D eigenvalue weighted by molar-refractivity contribution is -0.132. The Labute approximate surface area is 160 Å². The number of carbonyl (C=O) groups excluding carboxylic acids is 1. The van der Waals surface area contributed by atoms with Crippen molar-refractivity contribution < 1.29 is 4.79 Å². The fraction of sp³-hybridized carbons (Fsp3) is 0.611. The van der Waals surface area contributed by atoms with Gasteiger partial charge in [-0.05, 0) is 49.9 Å². The van der Waals surface area contributed by atoms with Gasteiger partial charge in [-0.1, -0.05) is 12.1 Å². The van der Waals surface area contributed by atoms with Crippen LogP contribution in [0, 0.1) is 0 Å². The first-order valence-electron chi connectivity index (χ1n) is 8.49. The van der Waals surface area contributed by atoms with Crippen LogP contribution in [0.3, 0.4) is 0 Å². The summed E-state index contributed by atoms with van der Waals surface area (Å²) in [5.41, 5.74) is 1.13. The predicted molar refractivity (Wildman–Crippen MR) is 108 cm³/mol. The lowest BCUT2D eigenvalue weighted by Crippen LogP contribution is -2.51. The van der Waals surface area contributed by atoms with E-state index in [1.54, 1.807) is 11.8 Å². The summed E-state index contributed by atoms with van der Waals surface area (Å²) in [6.07, 6.45) is 5.25. The Hall–Kier alpha value is -0.360. The van der Waals surface area contributed by atoms with Crippen molar-refractivity contribution in [2.45, 2.75) is 30.2 Å². The highest BCUT2D eigenvalue weighted by Gasteiger charge is 2.29. The van der Waals surface area contributed by atoms with Crippen LogP contribution in [0.15, 0.2) is 29.2 Å². The Morgan fingerprint density at radius 2 is 1.92 bits per heavy atom. The number of halogens is 1. The van der Waals surface area contributed by atoms with Gasteiger partial charge in [0.1, 0.15) is 0 Å². The summed E-state index contributed by atoms with van der Waals surface area (Å²) in [4.78, 5) is 18.7. The SMILES string of the molecule is CSc1ccc(CC(=O)N2CCSCC2CN2CCCC2)cc1.Cl. The van der Waals surface area contributed by atoms with Crippen LogP contribution in [0.25, 0.3) is 0 Å². The molecular formula is C18H27ClN2OS2. The number of carbonyl (C=O) groups is 1. The Balaban J connectivity index is 0.00000208. The van der Waals surface area contributed by atoms with Gasteiger partial charge in [0.05, 0.1) is 12.5 Å². The van der Waals surface area contributed by atoms with Crippen molar-refractivity contribution in [3.63, 3.8) is 0 Å². The Bertz CT molecular complexity index is 520. The summed E-state index contributed by atoms with van der Waals surface area (Å²) in [5, 5.41) is 0. The molecule has 2 aliphatic rings. The third-order valence-electron chi connectivity index (χ3n) is 4.73. The molecule has 2 saturated heterocycles. The van der Waals surface area contributed by atoms with E-state index in [1.807, 2.05) is 11.8 Å². The molecule has 0 radical (unpaired) electrons. The maximum Gasteiger partial charge on any atom is 0.227 e. The van der Waals surface area contributed by atoms with Gasteiger partial charge >= 0.3 is 0 Å². The highest BCUT2D eigenvalue weighted by molar-refractivity contribution is 7.99. The molecule has 0 bridgehead atoms. The molecule has 1 aromatic rings. The standard InChI is InChI=1S/C18H26N2OS2.ClH/c1-22-17-6-4-15(5-7-17)12-18(21)20-10-11-23-14-16(20)13-19-8-2-3-9-19;/h4-7,16H,2-3,8-14H2,1H3;1H. The molecule has 2 aliphatic heterocycles. The van der Waals surface area contributed by atoms with Crippen LogP contribution in [0.5, 0.6) is 0 Å². The third kappa shape index (κ3) is 5.32. The van der Waals surface area contributed by atoms with E-state index in [9.17, 15) is 4.79 Å². The van der Waals surface area contributed by atoms with Gasteiger partial charge in [-0.15, -0.1) is 24.2 Å². The molecule has 2 heterocycles. The van der Waals surface area contributed by atoms with Crippen molar-refractivity contribution >= 4 is 41.8 Å². The van der Waals surface area contributed by atoms with Crippen molar-refractivity contribution in [1.29, 1.82) is 0 Å². The second-order valence-corrected chi connectivity index (χ2v) is 8.38. The number of rotatable bonds is 5. The smallest absolute Gasteiger partial charge is 0.227 e. The lowest BCUT2D eigenvalue weighted by Gasteiger charge is -2.37. The molecule has 0 N–H and O–H groups in total. The molecule has 1 unspecified atom stereocenters. The van der Waals surface area contributed by atoms with Crippen LogP contribution in [0.1, 0.15) is 18.4 Å². The number of nitrogens with zero attached hydrogens (tertiary/aromatic N) is 2. The van der Waals surface area contributed by atoms with Gasteiger partial charge in [-0.3, -0.25) is 4.79 Å². The van der Waals surface area contributed by atoms with E-state index in [0.717, 1.165) is 30.2 Å². The third-order valence-corrected chi connectivity index (χ3v) is 6.57. The quantitative estimate of drug-likeness (QED) is 0.723. The predicted octanol–water partition coefficient (Wildman–Crippen LogP) is 3.41. The van der Waals surface area contributed by atoms with Crippen molar-refractivity contribution in [3.8, 4) is 0 Å². The fourth-order valence-corrected chi connectivity index (χ4v) is 4.88. The number of benzene rings is 1. The Morgan fingerprint density at radius 3 is 2.58 bits per heavy atom. The molecule has 1 aromatic carbocycles. The molecule has 3 nitrogen and oxygen atoms in total. The summed E-state index contributed by atoms with van der Waals surface area (Å²) in [6.45, 7) is 4.38. The zero-order valence-corrected chi connectivity index (χ0v) is 16.7. The number of amides is 1. The largest absolute Gasteiger partial charge is 0.336 e. The Morgan fingerprint density at radius 1 is 1.21 bits per heavy atom. The van der Waals surface area contributed by atoms with Crippen LogP contribution in [-0.4, -0.2) is 65.7 Å². The van der Waals surface area contributed by atoms with Gasteiger partial charge in [0.25, 0.3) is 0 Å². The molecule has 1 amide bonds. The highest BCUT2D eigenvalue weighted by atomic mass is 35.5. The first-order chi connectivity index (χ1) is 11.3. The maximum atomic E-state index is 12.8. The van der Waals surface area contributed by atoms with Crippen molar-refractivity contribution in [1.82, 2.24) is 9.80 Å². The molecule has 0 aromatic heterocycles. The van der Waals surface area contributed by atoms with Gasteiger partial charge in [-0.2, -0.15) is 11.8 Å². The van der Waals surface area contributed by atoms with Gasteiger partial charge in [0.2, 0.25) is 5.91 Å².